The lowest BCUT2D eigenvalue weighted by atomic mass is 9.97. The highest BCUT2D eigenvalue weighted by Gasteiger charge is 2.71. The highest BCUT2D eigenvalue weighted by Crippen LogP contribution is 2.49. The maximum absolute atomic E-state index is 13.6. The molecule has 11 heteroatoms. The van der Waals surface area contributed by atoms with Crippen molar-refractivity contribution in [2.45, 2.75) is 37.3 Å². The molecule has 3 aromatic rings. The lowest BCUT2D eigenvalue weighted by Crippen LogP contribution is -2.53. The van der Waals surface area contributed by atoms with Gasteiger partial charge in [0.15, 0.2) is 0 Å². The van der Waals surface area contributed by atoms with Crippen LogP contribution in [-0.4, -0.2) is 34.7 Å². The van der Waals surface area contributed by atoms with Gasteiger partial charge in [-0.3, -0.25) is 0 Å². The Morgan fingerprint density at radius 2 is 1.55 bits per heavy atom. The molecular weight excluding hydrogens is 455 g/mol. The summed E-state index contributed by atoms with van der Waals surface area (Å²) in [5.74, 6) is -0.0641. The topological polar surface area (TPSA) is 42.4 Å². The molecule has 0 unspecified atom stereocenters. The van der Waals surface area contributed by atoms with Crippen LogP contribution in [0.15, 0.2) is 36.4 Å². The van der Waals surface area contributed by atoms with Crippen molar-refractivity contribution in [3.63, 3.8) is 0 Å². The van der Waals surface area contributed by atoms with Crippen LogP contribution in [0, 0.1) is 0 Å². The fraction of sp³-hybridized carbons (Fsp3) is 0.350. The molecule has 0 radical (unpaired) electrons. The fourth-order valence-electron chi connectivity index (χ4n) is 3.05. The number of alkyl halides is 7. The highest BCUT2D eigenvalue weighted by atomic mass is 35.5. The first-order valence-electron chi connectivity index (χ1n) is 9.00. The quantitative estimate of drug-likeness (QED) is 0.237. The van der Waals surface area contributed by atoms with E-state index < -0.39 is 30.9 Å². The highest BCUT2D eigenvalue weighted by molar-refractivity contribution is 6.31. The number of halogens is 8. The third kappa shape index (κ3) is 4.73. The summed E-state index contributed by atoms with van der Waals surface area (Å²) in [6.07, 6.45) is -14.9. The maximum atomic E-state index is 13.6. The second kappa shape index (κ2) is 8.22. The zero-order valence-corrected chi connectivity index (χ0v) is 16.4. The van der Waals surface area contributed by atoms with Crippen LogP contribution < -0.4 is 4.74 Å². The smallest absolute Gasteiger partial charge is 0.431 e. The number of rotatable bonds is 6. The molecule has 0 atom stereocenters. The van der Waals surface area contributed by atoms with Gasteiger partial charge >= 0.3 is 12.4 Å². The second-order valence-corrected chi connectivity index (χ2v) is 7.37. The van der Waals surface area contributed by atoms with Crippen molar-refractivity contribution in [1.29, 1.82) is 0 Å². The first kappa shape index (κ1) is 23.2. The number of ether oxygens (including phenoxy) is 1. The van der Waals surface area contributed by atoms with E-state index in [0.717, 1.165) is 5.39 Å². The lowest BCUT2D eigenvalue weighted by molar-refractivity contribution is -0.343. The minimum absolute atomic E-state index is 0.108. The number of pyridine rings is 1. The summed E-state index contributed by atoms with van der Waals surface area (Å²) in [7, 11) is 0. The number of unbranched alkanes of at least 4 members (excludes halogenated alkanes) is 1. The van der Waals surface area contributed by atoms with Crippen molar-refractivity contribution in [3.8, 4) is 11.5 Å². The van der Waals surface area contributed by atoms with Gasteiger partial charge in [-0.25, -0.2) is 9.37 Å². The van der Waals surface area contributed by atoms with Crippen LogP contribution in [0.5, 0.6) is 11.5 Å². The molecule has 0 bridgehead atoms. The zero-order chi connectivity index (χ0) is 23.0. The molecule has 0 aliphatic carbocycles. The molecule has 1 heterocycles. The molecule has 31 heavy (non-hydrogen) atoms. The summed E-state index contributed by atoms with van der Waals surface area (Å²) in [6.45, 7) is -0.282. The molecule has 1 N–H and O–H groups in total. The molecule has 0 saturated heterocycles. The number of aromatic hydroxyl groups is 1. The maximum Gasteiger partial charge on any atom is 0.431 e. The van der Waals surface area contributed by atoms with Gasteiger partial charge in [0, 0.05) is 27.9 Å². The third-order valence-electron chi connectivity index (χ3n) is 4.73. The van der Waals surface area contributed by atoms with Crippen molar-refractivity contribution in [2.75, 3.05) is 6.61 Å². The average Bonchev–Trinajstić information content (AvgIpc) is 2.64. The van der Waals surface area contributed by atoms with Gasteiger partial charge < -0.3 is 9.84 Å². The molecule has 0 spiro atoms. The number of nitrogens with zero attached hydrogens (tertiary/aromatic N) is 1. The number of benzene rings is 2. The minimum Gasteiger partial charge on any atom is -0.507 e. The molecule has 0 aliphatic rings. The molecular formula is C20H15ClF7NO2. The lowest BCUT2D eigenvalue weighted by Gasteiger charge is -2.29. The largest absolute Gasteiger partial charge is 0.507 e. The first-order valence-corrected chi connectivity index (χ1v) is 9.38. The number of phenolic OH excluding ortho intramolecular Hbond substituents is 1. The standard InChI is InChI=1S/C20H15ClF7NO2/c21-12-4-3-11-7-14-16(29-15(11)8-12)9-13(10-17(14)30)31-6-2-1-5-18(22,19(23,24)25)20(26,27)28/h3-4,7-10,30H,1-2,5-6H2. The summed E-state index contributed by atoms with van der Waals surface area (Å²) < 4.78 is 94.1. The van der Waals surface area contributed by atoms with Crippen LogP contribution in [0.25, 0.3) is 21.8 Å². The van der Waals surface area contributed by atoms with Crippen molar-refractivity contribution < 1.29 is 40.6 Å². The van der Waals surface area contributed by atoms with E-state index in [1.807, 2.05) is 0 Å². The number of hydrogen-bond donors (Lipinski definition) is 1. The summed E-state index contributed by atoms with van der Waals surface area (Å²) in [6, 6.07) is 9.39. The monoisotopic (exact) mass is 469 g/mol. The van der Waals surface area contributed by atoms with Crippen LogP contribution in [0.4, 0.5) is 30.7 Å². The molecule has 0 fully saturated rings. The fourth-order valence-corrected chi connectivity index (χ4v) is 3.21. The van der Waals surface area contributed by atoms with Gasteiger partial charge in [0.25, 0.3) is 5.67 Å². The Balaban J connectivity index is 1.68. The Morgan fingerprint density at radius 1 is 0.871 bits per heavy atom. The van der Waals surface area contributed by atoms with Crippen molar-refractivity contribution >= 4 is 33.4 Å². The molecule has 3 nitrogen and oxygen atoms in total. The molecule has 3 rings (SSSR count). The SMILES string of the molecule is Oc1cc(OCCCCC(F)(C(F)(F)F)C(F)(F)F)cc2nc3cc(Cl)ccc3cc12. The van der Waals surface area contributed by atoms with Gasteiger partial charge in [-0.1, -0.05) is 17.7 Å². The second-order valence-electron chi connectivity index (χ2n) is 6.94. The molecule has 168 valence electrons. The van der Waals surface area contributed by atoms with Crippen LogP contribution in [-0.2, 0) is 0 Å². The van der Waals surface area contributed by atoms with E-state index in [2.05, 4.69) is 4.98 Å². The predicted molar refractivity (Wildman–Crippen MR) is 101 cm³/mol. The van der Waals surface area contributed by atoms with E-state index in [4.69, 9.17) is 16.3 Å². The number of fused-ring (bicyclic) bond motifs is 2. The van der Waals surface area contributed by atoms with E-state index >= 15 is 0 Å². The number of phenols is 1. The van der Waals surface area contributed by atoms with Gasteiger partial charge in [0.1, 0.15) is 11.5 Å². The molecule has 0 aliphatic heterocycles. The van der Waals surface area contributed by atoms with Crippen LogP contribution in [0.3, 0.4) is 0 Å². The van der Waals surface area contributed by atoms with Crippen LogP contribution in [0.2, 0.25) is 5.02 Å². The van der Waals surface area contributed by atoms with Gasteiger partial charge in [0.05, 0.1) is 17.6 Å². The molecule has 0 amide bonds. The average molecular weight is 470 g/mol. The zero-order valence-electron chi connectivity index (χ0n) is 15.6. The third-order valence-corrected chi connectivity index (χ3v) is 4.96. The van der Waals surface area contributed by atoms with Gasteiger partial charge in [0.2, 0.25) is 0 Å². The van der Waals surface area contributed by atoms with Crippen molar-refractivity contribution in [3.05, 3.63) is 41.4 Å². The molecule has 0 saturated carbocycles. The Morgan fingerprint density at radius 3 is 2.19 bits per heavy atom. The van der Waals surface area contributed by atoms with Gasteiger partial charge in [-0.2, -0.15) is 26.3 Å². The van der Waals surface area contributed by atoms with Gasteiger partial charge in [-0.05, 0) is 37.5 Å². The van der Waals surface area contributed by atoms with E-state index in [-0.39, 0.29) is 24.5 Å². The molecule has 2 aromatic carbocycles. The van der Waals surface area contributed by atoms with Crippen LogP contribution >= 0.6 is 11.6 Å². The van der Waals surface area contributed by atoms with Crippen LogP contribution in [0.1, 0.15) is 19.3 Å². The van der Waals surface area contributed by atoms with E-state index in [0.29, 0.717) is 21.4 Å². The van der Waals surface area contributed by atoms with Gasteiger partial charge in [-0.15, -0.1) is 0 Å². The Labute approximate surface area is 176 Å². The Hall–Kier alpha value is -2.49. The summed E-state index contributed by atoms with van der Waals surface area (Å²) in [5.41, 5.74) is -4.37. The summed E-state index contributed by atoms with van der Waals surface area (Å²) >= 11 is 5.94. The normalized spacial score (nSPS) is 13.2. The summed E-state index contributed by atoms with van der Waals surface area (Å²) in [4.78, 5) is 4.37. The predicted octanol–water partition coefficient (Wildman–Crippen LogP) is 7.13. The molecule has 1 aromatic heterocycles. The first-order chi connectivity index (χ1) is 14.3. The number of aromatic nitrogens is 1. The van der Waals surface area contributed by atoms with Crippen molar-refractivity contribution in [2.24, 2.45) is 0 Å². The van der Waals surface area contributed by atoms with E-state index in [9.17, 15) is 35.8 Å². The minimum atomic E-state index is -6.06. The summed E-state index contributed by atoms with van der Waals surface area (Å²) in [5, 5.41) is 11.8. The van der Waals surface area contributed by atoms with E-state index in [1.54, 1.807) is 24.3 Å². The van der Waals surface area contributed by atoms with E-state index in [1.165, 1.54) is 12.1 Å². The Bertz CT molecular complexity index is 1080. The Kier molecular flexibility index (Phi) is 6.14. The van der Waals surface area contributed by atoms with Crippen molar-refractivity contribution in [1.82, 2.24) is 4.98 Å². The number of hydrogen-bond acceptors (Lipinski definition) is 3.